The highest BCUT2D eigenvalue weighted by Gasteiger charge is 2.27. The minimum Gasteiger partial charge on any atom is -0.489 e. The van der Waals surface area contributed by atoms with Crippen LogP contribution in [-0.4, -0.2) is 32.0 Å². The van der Waals surface area contributed by atoms with Gasteiger partial charge < -0.3 is 4.74 Å². The number of nitro benzene ring substituents is 1. The number of sulfonamides is 1. The molecule has 210 valence electrons. The van der Waals surface area contributed by atoms with Crippen molar-refractivity contribution < 1.29 is 22.9 Å². The number of non-ortho nitro benzene ring substituents is 1. The number of benzene rings is 4. The zero-order valence-corrected chi connectivity index (χ0v) is 23.5. The van der Waals surface area contributed by atoms with Gasteiger partial charge in [-0.1, -0.05) is 41.4 Å². The molecular formula is C28H22Cl2N4O6S. The Bertz CT molecular complexity index is 1670. The van der Waals surface area contributed by atoms with E-state index >= 15 is 0 Å². The smallest absolute Gasteiger partial charge is 0.269 e. The molecular weight excluding hydrogens is 591 g/mol. The van der Waals surface area contributed by atoms with Crippen LogP contribution in [0.3, 0.4) is 0 Å². The fourth-order valence-electron chi connectivity index (χ4n) is 3.55. The second-order valence-corrected chi connectivity index (χ2v) is 11.2. The number of hydrogen-bond acceptors (Lipinski definition) is 7. The van der Waals surface area contributed by atoms with E-state index < -0.39 is 27.4 Å². The second kappa shape index (κ2) is 13.3. The van der Waals surface area contributed by atoms with Crippen LogP contribution in [0.5, 0.6) is 5.75 Å². The van der Waals surface area contributed by atoms with Gasteiger partial charge in [-0.2, -0.15) is 5.10 Å². The molecule has 41 heavy (non-hydrogen) atoms. The molecule has 4 rings (SSSR count). The van der Waals surface area contributed by atoms with Crippen LogP contribution in [0.25, 0.3) is 0 Å². The molecule has 0 aliphatic heterocycles. The molecule has 0 spiro atoms. The van der Waals surface area contributed by atoms with Crippen molar-refractivity contribution in [3.05, 3.63) is 128 Å². The summed E-state index contributed by atoms with van der Waals surface area (Å²) in [6.45, 7) is -0.343. The Balaban J connectivity index is 1.39. The highest BCUT2D eigenvalue weighted by atomic mass is 35.5. The number of anilines is 1. The van der Waals surface area contributed by atoms with Gasteiger partial charge in [0.25, 0.3) is 21.6 Å². The lowest BCUT2D eigenvalue weighted by Crippen LogP contribution is -2.39. The molecule has 0 aliphatic carbocycles. The first-order valence-electron chi connectivity index (χ1n) is 11.9. The largest absolute Gasteiger partial charge is 0.489 e. The lowest BCUT2D eigenvalue weighted by molar-refractivity contribution is -0.384. The molecule has 0 bridgehead atoms. The maximum absolute atomic E-state index is 13.4. The van der Waals surface area contributed by atoms with Crippen LogP contribution in [0.1, 0.15) is 11.1 Å². The van der Waals surface area contributed by atoms with Crippen LogP contribution in [0.4, 0.5) is 11.4 Å². The summed E-state index contributed by atoms with van der Waals surface area (Å²) in [6, 6.07) is 24.8. The lowest BCUT2D eigenvalue weighted by Gasteiger charge is -2.24. The molecule has 4 aromatic rings. The fraction of sp³-hybridized carbons (Fsp3) is 0.0714. The molecule has 0 fully saturated rings. The quantitative estimate of drug-likeness (QED) is 0.129. The van der Waals surface area contributed by atoms with Gasteiger partial charge >= 0.3 is 0 Å². The van der Waals surface area contributed by atoms with Crippen LogP contribution < -0.4 is 14.5 Å². The number of nitro groups is 1. The Morgan fingerprint density at radius 2 is 1.63 bits per heavy atom. The van der Waals surface area contributed by atoms with E-state index in [-0.39, 0.29) is 32.9 Å². The van der Waals surface area contributed by atoms with E-state index in [9.17, 15) is 23.3 Å². The minimum atomic E-state index is -4.12. The summed E-state index contributed by atoms with van der Waals surface area (Å²) in [5.74, 6) is -0.122. The standard InChI is InChI=1S/C28H22Cl2N4O6S/c29-26-15-12-23(16-27(26)30)33(41(38,39)25-4-2-1-3-5-25)18-28(35)32-31-17-20-8-13-24(14-9-20)40-19-21-6-10-22(11-7-21)34(36)37/h1-17H,18-19H2,(H,32,35)/b31-17-. The van der Waals surface area contributed by atoms with Crippen molar-refractivity contribution in [3.8, 4) is 5.75 Å². The van der Waals surface area contributed by atoms with Crippen LogP contribution in [0.2, 0.25) is 10.0 Å². The first-order chi connectivity index (χ1) is 19.6. The van der Waals surface area contributed by atoms with Crippen molar-refractivity contribution in [2.75, 3.05) is 10.8 Å². The van der Waals surface area contributed by atoms with Crippen molar-refractivity contribution in [2.45, 2.75) is 11.5 Å². The summed E-state index contributed by atoms with van der Waals surface area (Å²) in [5, 5.41) is 15.1. The van der Waals surface area contributed by atoms with E-state index in [4.69, 9.17) is 27.9 Å². The van der Waals surface area contributed by atoms with E-state index in [1.165, 1.54) is 48.7 Å². The van der Waals surface area contributed by atoms with Gasteiger partial charge in [-0.15, -0.1) is 0 Å². The van der Waals surface area contributed by atoms with Crippen molar-refractivity contribution in [3.63, 3.8) is 0 Å². The fourth-order valence-corrected chi connectivity index (χ4v) is 5.28. The van der Waals surface area contributed by atoms with E-state index in [2.05, 4.69) is 10.5 Å². The zero-order chi connectivity index (χ0) is 29.4. The number of hydrazone groups is 1. The second-order valence-electron chi connectivity index (χ2n) is 8.50. The van der Waals surface area contributed by atoms with Crippen LogP contribution >= 0.6 is 23.2 Å². The molecule has 13 heteroatoms. The topological polar surface area (TPSA) is 131 Å². The monoisotopic (exact) mass is 612 g/mol. The molecule has 0 aromatic heterocycles. The Labute approximate surface area is 246 Å². The molecule has 0 atom stereocenters. The van der Waals surface area contributed by atoms with Gasteiger partial charge in [-0.05, 0) is 77.9 Å². The highest BCUT2D eigenvalue weighted by molar-refractivity contribution is 7.92. The predicted molar refractivity (Wildman–Crippen MR) is 157 cm³/mol. The normalized spacial score (nSPS) is 11.3. The number of carbonyl (C=O) groups excluding carboxylic acids is 1. The van der Waals surface area contributed by atoms with Gasteiger partial charge in [0, 0.05) is 12.1 Å². The molecule has 1 N–H and O–H groups in total. The van der Waals surface area contributed by atoms with E-state index in [1.54, 1.807) is 54.6 Å². The lowest BCUT2D eigenvalue weighted by atomic mass is 10.2. The number of hydrogen-bond donors (Lipinski definition) is 1. The molecule has 0 heterocycles. The molecule has 0 saturated carbocycles. The van der Waals surface area contributed by atoms with Crippen LogP contribution in [0, 0.1) is 10.1 Å². The summed E-state index contributed by atoms with van der Waals surface area (Å²) >= 11 is 12.1. The van der Waals surface area contributed by atoms with Gasteiger partial charge in [0.15, 0.2) is 0 Å². The third kappa shape index (κ3) is 7.82. The van der Waals surface area contributed by atoms with Gasteiger partial charge in [-0.25, -0.2) is 13.8 Å². The van der Waals surface area contributed by atoms with Gasteiger partial charge in [-0.3, -0.25) is 19.2 Å². The van der Waals surface area contributed by atoms with E-state index in [0.717, 1.165) is 9.87 Å². The summed E-state index contributed by atoms with van der Waals surface area (Å²) in [6.07, 6.45) is 1.40. The highest BCUT2D eigenvalue weighted by Crippen LogP contribution is 2.30. The molecule has 0 radical (unpaired) electrons. The zero-order valence-electron chi connectivity index (χ0n) is 21.2. The number of nitrogens with one attached hydrogen (secondary N) is 1. The third-order valence-electron chi connectivity index (χ3n) is 5.65. The summed E-state index contributed by atoms with van der Waals surface area (Å²) in [4.78, 5) is 23.0. The number of amides is 1. The number of carbonyl (C=O) groups is 1. The summed E-state index contributed by atoms with van der Waals surface area (Å²) in [5.41, 5.74) is 3.92. The third-order valence-corrected chi connectivity index (χ3v) is 8.17. The maximum atomic E-state index is 13.4. The Morgan fingerprint density at radius 1 is 0.951 bits per heavy atom. The number of nitrogens with zero attached hydrogens (tertiary/aromatic N) is 3. The Hall–Kier alpha value is -4.45. The van der Waals surface area contributed by atoms with Crippen molar-refractivity contribution in [1.29, 1.82) is 0 Å². The first-order valence-corrected chi connectivity index (χ1v) is 14.1. The first kappa shape index (κ1) is 29.5. The number of rotatable bonds is 11. The van der Waals surface area contributed by atoms with Gasteiger partial charge in [0.1, 0.15) is 18.9 Å². The number of ether oxygens (including phenoxy) is 1. The molecule has 0 saturated heterocycles. The minimum absolute atomic E-state index is 0.00161. The molecule has 0 aliphatic rings. The molecule has 10 nitrogen and oxygen atoms in total. The Kier molecular flexibility index (Phi) is 9.56. The van der Waals surface area contributed by atoms with Crippen LogP contribution in [0.15, 0.2) is 107 Å². The van der Waals surface area contributed by atoms with Crippen molar-refractivity contribution in [1.82, 2.24) is 5.43 Å². The SMILES string of the molecule is O=C(CN(c1ccc(Cl)c(Cl)c1)S(=O)(=O)c1ccccc1)N/N=C\c1ccc(OCc2ccc([N+](=O)[O-])cc2)cc1. The molecule has 1 amide bonds. The Morgan fingerprint density at radius 3 is 2.27 bits per heavy atom. The van der Waals surface area contributed by atoms with E-state index in [0.29, 0.717) is 11.3 Å². The molecule has 4 aromatic carbocycles. The van der Waals surface area contributed by atoms with Gasteiger partial charge in [0.2, 0.25) is 0 Å². The average Bonchev–Trinajstić information content (AvgIpc) is 2.97. The van der Waals surface area contributed by atoms with E-state index in [1.807, 2.05) is 0 Å². The van der Waals surface area contributed by atoms with Gasteiger partial charge in [0.05, 0.1) is 31.8 Å². The average molecular weight is 613 g/mol. The summed E-state index contributed by atoms with van der Waals surface area (Å²) in [7, 11) is -4.12. The van der Waals surface area contributed by atoms with Crippen LogP contribution in [-0.2, 0) is 21.4 Å². The molecule has 0 unspecified atom stereocenters. The van der Waals surface area contributed by atoms with Crippen molar-refractivity contribution in [2.24, 2.45) is 5.10 Å². The summed E-state index contributed by atoms with van der Waals surface area (Å²) < 4.78 is 33.4. The number of halogens is 2. The van der Waals surface area contributed by atoms with Crippen molar-refractivity contribution >= 4 is 56.7 Å². The maximum Gasteiger partial charge on any atom is 0.269 e. The predicted octanol–water partition coefficient (Wildman–Crippen LogP) is 5.83.